The van der Waals surface area contributed by atoms with Crippen LogP contribution in [0.2, 0.25) is 0 Å². The Labute approximate surface area is 185 Å². The summed E-state index contributed by atoms with van der Waals surface area (Å²) in [5.41, 5.74) is 3.65. The molecule has 1 atom stereocenters. The Bertz CT molecular complexity index is 1170. The molecule has 162 valence electrons. The Morgan fingerprint density at radius 3 is 2.48 bits per heavy atom. The summed E-state index contributed by atoms with van der Waals surface area (Å²) in [6.45, 7) is 3.97. The molecule has 0 radical (unpaired) electrons. The molecule has 10 heteroatoms. The maximum atomic E-state index is 13.3. The van der Waals surface area contributed by atoms with Crippen LogP contribution in [0.15, 0.2) is 53.7 Å². The number of benzene rings is 2. The fourth-order valence-corrected chi connectivity index (χ4v) is 6.31. The van der Waals surface area contributed by atoms with Gasteiger partial charge in [0.15, 0.2) is 9.84 Å². The van der Waals surface area contributed by atoms with E-state index in [0.29, 0.717) is 17.3 Å². The minimum absolute atomic E-state index is 0.0154. The largest absolute Gasteiger partial charge is 0.308 e. The van der Waals surface area contributed by atoms with Crippen molar-refractivity contribution in [3.8, 4) is 5.69 Å². The second kappa shape index (κ2) is 8.80. The molecule has 2 aromatic carbocycles. The molecule has 3 aromatic rings. The summed E-state index contributed by atoms with van der Waals surface area (Å²) < 4.78 is 25.7. The summed E-state index contributed by atoms with van der Waals surface area (Å²) in [6, 6.07) is 14.8. The molecule has 0 N–H and O–H groups in total. The van der Waals surface area contributed by atoms with Gasteiger partial charge in [0.2, 0.25) is 11.1 Å². The number of anilines is 1. The molecule has 8 nitrogen and oxygen atoms in total. The standard InChI is InChI=1S/C21H23N5O3S2/c1-15-7-6-8-16(2)20(15)26-21(22-23-24-26)30-13-19(27)25(17-9-4-3-5-10-17)18-11-12-31(28,29)14-18/h3-10,18H,11-14H2,1-2H3. The first kappa shape index (κ1) is 21.5. The number of hydrogen-bond acceptors (Lipinski definition) is 7. The molecule has 0 spiro atoms. The van der Waals surface area contributed by atoms with Crippen molar-refractivity contribution >= 4 is 33.2 Å². The van der Waals surface area contributed by atoms with Gasteiger partial charge in [-0.15, -0.1) is 5.10 Å². The highest BCUT2D eigenvalue weighted by Gasteiger charge is 2.35. The van der Waals surface area contributed by atoms with Crippen molar-refractivity contribution in [2.75, 3.05) is 22.2 Å². The van der Waals surface area contributed by atoms with Crippen molar-refractivity contribution in [3.63, 3.8) is 0 Å². The van der Waals surface area contributed by atoms with Gasteiger partial charge in [-0.2, -0.15) is 4.68 Å². The van der Waals surface area contributed by atoms with Crippen LogP contribution >= 0.6 is 11.8 Å². The zero-order valence-electron chi connectivity index (χ0n) is 17.3. The molecule has 1 aromatic heterocycles. The van der Waals surface area contributed by atoms with E-state index in [2.05, 4.69) is 15.5 Å². The van der Waals surface area contributed by atoms with Crippen LogP contribution < -0.4 is 4.90 Å². The summed E-state index contributed by atoms with van der Waals surface area (Å²) in [4.78, 5) is 14.9. The zero-order valence-corrected chi connectivity index (χ0v) is 18.9. The van der Waals surface area contributed by atoms with E-state index in [4.69, 9.17) is 0 Å². The molecule has 1 saturated heterocycles. The van der Waals surface area contributed by atoms with Crippen LogP contribution in [0.1, 0.15) is 17.5 Å². The first-order valence-corrected chi connectivity index (χ1v) is 12.7. The van der Waals surface area contributed by atoms with Crippen LogP contribution in [0, 0.1) is 13.8 Å². The Kier molecular flexibility index (Phi) is 6.10. The van der Waals surface area contributed by atoms with Gasteiger partial charge in [0.25, 0.3) is 0 Å². The molecule has 2 heterocycles. The smallest absolute Gasteiger partial charge is 0.237 e. The average Bonchev–Trinajstić information content (AvgIpc) is 3.33. The molecule has 0 saturated carbocycles. The number of sulfone groups is 1. The SMILES string of the molecule is Cc1cccc(C)c1-n1nnnc1SCC(=O)N(c1ccccc1)C1CCS(=O)(=O)C1. The summed E-state index contributed by atoms with van der Waals surface area (Å²) in [5.74, 6) is 0.0101. The summed E-state index contributed by atoms with van der Waals surface area (Å²) >= 11 is 1.24. The first-order valence-electron chi connectivity index (χ1n) is 9.91. The summed E-state index contributed by atoms with van der Waals surface area (Å²) in [7, 11) is -3.13. The lowest BCUT2D eigenvalue weighted by molar-refractivity contribution is -0.116. The van der Waals surface area contributed by atoms with E-state index in [0.717, 1.165) is 16.8 Å². The number of hydrogen-bond donors (Lipinski definition) is 0. The van der Waals surface area contributed by atoms with Gasteiger partial charge in [-0.25, -0.2) is 8.42 Å². The Balaban J connectivity index is 1.57. The Hall–Kier alpha value is -2.72. The number of tetrazole rings is 1. The van der Waals surface area contributed by atoms with Gasteiger partial charge in [-0.3, -0.25) is 4.79 Å². The maximum absolute atomic E-state index is 13.3. The third-order valence-corrected chi connectivity index (χ3v) is 7.95. The van der Waals surface area contributed by atoms with Crippen molar-refractivity contribution < 1.29 is 13.2 Å². The number of amides is 1. The van der Waals surface area contributed by atoms with Gasteiger partial charge in [-0.1, -0.05) is 48.2 Å². The lowest BCUT2D eigenvalue weighted by Crippen LogP contribution is -2.42. The molecule has 0 bridgehead atoms. The quantitative estimate of drug-likeness (QED) is 0.525. The highest BCUT2D eigenvalue weighted by atomic mass is 32.2. The molecule has 1 amide bonds. The molecular weight excluding hydrogens is 434 g/mol. The van der Waals surface area contributed by atoms with E-state index < -0.39 is 9.84 Å². The van der Waals surface area contributed by atoms with E-state index in [1.54, 1.807) is 9.58 Å². The number of thioether (sulfide) groups is 1. The second-order valence-electron chi connectivity index (χ2n) is 7.56. The van der Waals surface area contributed by atoms with Crippen LogP contribution in [-0.4, -0.2) is 57.8 Å². The van der Waals surface area contributed by atoms with E-state index in [1.807, 2.05) is 62.4 Å². The fraction of sp³-hybridized carbons (Fsp3) is 0.333. The Morgan fingerprint density at radius 2 is 1.84 bits per heavy atom. The first-order chi connectivity index (χ1) is 14.9. The van der Waals surface area contributed by atoms with Crippen molar-refractivity contribution in [1.82, 2.24) is 20.2 Å². The lowest BCUT2D eigenvalue weighted by atomic mass is 10.1. The van der Waals surface area contributed by atoms with Gasteiger partial charge in [0, 0.05) is 5.69 Å². The van der Waals surface area contributed by atoms with Crippen LogP contribution in [0.3, 0.4) is 0 Å². The third kappa shape index (κ3) is 4.64. The highest BCUT2D eigenvalue weighted by molar-refractivity contribution is 7.99. The molecule has 1 fully saturated rings. The van der Waals surface area contributed by atoms with Crippen LogP contribution in [0.4, 0.5) is 5.69 Å². The number of aromatic nitrogens is 4. The van der Waals surface area contributed by atoms with Crippen molar-refractivity contribution in [2.24, 2.45) is 0 Å². The predicted octanol–water partition coefficient (Wildman–Crippen LogP) is 2.59. The Morgan fingerprint density at radius 1 is 1.13 bits per heavy atom. The van der Waals surface area contributed by atoms with E-state index in [1.165, 1.54) is 11.8 Å². The minimum Gasteiger partial charge on any atom is -0.308 e. The monoisotopic (exact) mass is 457 g/mol. The molecule has 1 aliphatic rings. The van der Waals surface area contributed by atoms with E-state index >= 15 is 0 Å². The van der Waals surface area contributed by atoms with Gasteiger partial charge in [0.05, 0.1) is 29.0 Å². The zero-order chi connectivity index (χ0) is 22.0. The number of carbonyl (C=O) groups excluding carboxylic acids is 1. The number of nitrogens with zero attached hydrogens (tertiary/aromatic N) is 5. The van der Waals surface area contributed by atoms with Gasteiger partial charge >= 0.3 is 0 Å². The van der Waals surface area contributed by atoms with Crippen molar-refractivity contribution in [1.29, 1.82) is 0 Å². The topological polar surface area (TPSA) is 98.1 Å². The molecular formula is C21H23N5O3S2. The maximum Gasteiger partial charge on any atom is 0.237 e. The molecule has 1 unspecified atom stereocenters. The lowest BCUT2D eigenvalue weighted by Gasteiger charge is -2.28. The number of para-hydroxylation sites is 2. The highest BCUT2D eigenvalue weighted by Crippen LogP contribution is 2.28. The van der Waals surface area contributed by atoms with Gasteiger partial charge in [0.1, 0.15) is 0 Å². The molecule has 0 aliphatic carbocycles. The summed E-state index contributed by atoms with van der Waals surface area (Å²) in [6.07, 6.45) is 0.438. The normalized spacial score (nSPS) is 17.5. The van der Waals surface area contributed by atoms with Crippen LogP contribution in [0.25, 0.3) is 5.69 Å². The summed E-state index contributed by atoms with van der Waals surface area (Å²) in [5, 5.41) is 12.5. The average molecular weight is 458 g/mol. The van der Waals surface area contributed by atoms with Crippen molar-refractivity contribution in [3.05, 3.63) is 59.7 Å². The molecule has 31 heavy (non-hydrogen) atoms. The third-order valence-electron chi connectivity index (χ3n) is 5.29. The predicted molar refractivity (Wildman–Crippen MR) is 120 cm³/mol. The van der Waals surface area contributed by atoms with Crippen LogP contribution in [-0.2, 0) is 14.6 Å². The number of rotatable bonds is 6. The second-order valence-corrected chi connectivity index (χ2v) is 10.7. The fourth-order valence-electron chi connectivity index (χ4n) is 3.87. The van der Waals surface area contributed by atoms with E-state index in [-0.39, 0.29) is 29.2 Å². The van der Waals surface area contributed by atoms with Crippen molar-refractivity contribution in [2.45, 2.75) is 31.5 Å². The minimum atomic E-state index is -3.13. The molecule has 4 rings (SSSR count). The molecule has 1 aliphatic heterocycles. The van der Waals surface area contributed by atoms with Gasteiger partial charge in [-0.05, 0) is 54.0 Å². The van der Waals surface area contributed by atoms with Gasteiger partial charge < -0.3 is 4.90 Å². The number of carbonyl (C=O) groups is 1. The van der Waals surface area contributed by atoms with Crippen LogP contribution in [0.5, 0.6) is 0 Å². The number of aryl methyl sites for hydroxylation is 2. The van der Waals surface area contributed by atoms with E-state index in [9.17, 15) is 13.2 Å².